The topological polar surface area (TPSA) is 39.2 Å². The van der Waals surface area contributed by atoms with Crippen molar-refractivity contribution < 1.29 is 13.2 Å². The molecule has 2 nitrogen and oxygen atoms in total. The molecule has 1 aromatic heterocycles. The summed E-state index contributed by atoms with van der Waals surface area (Å²) >= 11 is 3.09. The number of furan rings is 1. The molecule has 2 rings (SSSR count). The lowest BCUT2D eigenvalue weighted by molar-refractivity contribution is 0.517. The molecule has 0 aliphatic heterocycles. The third kappa shape index (κ3) is 2.01. The highest BCUT2D eigenvalue weighted by Gasteiger charge is 2.14. The lowest BCUT2D eigenvalue weighted by Crippen LogP contribution is -1.93. The van der Waals surface area contributed by atoms with Crippen molar-refractivity contribution in [1.82, 2.24) is 0 Å². The first-order valence-electron chi connectivity index (χ1n) is 4.55. The van der Waals surface area contributed by atoms with Gasteiger partial charge in [0.25, 0.3) is 0 Å². The van der Waals surface area contributed by atoms with E-state index in [0.717, 1.165) is 6.07 Å². The van der Waals surface area contributed by atoms with E-state index in [9.17, 15) is 8.78 Å². The Bertz CT molecular complexity index is 501. The zero-order chi connectivity index (χ0) is 11.7. The van der Waals surface area contributed by atoms with Crippen LogP contribution in [-0.4, -0.2) is 0 Å². The quantitative estimate of drug-likeness (QED) is 0.919. The largest absolute Gasteiger partial charge is 0.460 e. The molecule has 0 aliphatic rings. The first-order valence-corrected chi connectivity index (χ1v) is 5.35. The molecule has 0 unspecified atom stereocenters. The van der Waals surface area contributed by atoms with Gasteiger partial charge in [-0.2, -0.15) is 0 Å². The molecule has 0 bridgehead atoms. The van der Waals surface area contributed by atoms with E-state index in [4.69, 9.17) is 10.2 Å². The van der Waals surface area contributed by atoms with Gasteiger partial charge in [-0.05, 0) is 34.1 Å². The first kappa shape index (κ1) is 11.3. The van der Waals surface area contributed by atoms with Crippen molar-refractivity contribution in [3.8, 4) is 11.3 Å². The molecule has 0 saturated carbocycles. The molecule has 0 amide bonds. The lowest BCUT2D eigenvalue weighted by atomic mass is 10.1. The summed E-state index contributed by atoms with van der Waals surface area (Å²) in [5, 5.41) is 0. The summed E-state index contributed by atoms with van der Waals surface area (Å²) in [6.45, 7) is 0.237. The summed E-state index contributed by atoms with van der Waals surface area (Å²) in [4.78, 5) is 0. The van der Waals surface area contributed by atoms with Crippen LogP contribution in [0.3, 0.4) is 0 Å². The van der Waals surface area contributed by atoms with Crippen LogP contribution in [0, 0.1) is 11.6 Å². The highest BCUT2D eigenvalue weighted by atomic mass is 79.9. The average molecular weight is 288 g/mol. The summed E-state index contributed by atoms with van der Waals surface area (Å²) in [5.74, 6) is -0.445. The molecule has 0 spiro atoms. The van der Waals surface area contributed by atoms with Gasteiger partial charge in [0.05, 0.1) is 12.1 Å². The molecular formula is C11H8BrF2NO. The fraction of sp³-hybridized carbons (Fsp3) is 0.0909. The van der Waals surface area contributed by atoms with Crippen molar-refractivity contribution in [3.05, 3.63) is 46.1 Å². The van der Waals surface area contributed by atoms with Crippen molar-refractivity contribution in [2.45, 2.75) is 6.54 Å². The summed E-state index contributed by atoms with van der Waals surface area (Å²) in [6.07, 6.45) is 0. The molecule has 2 N–H and O–H groups in total. The summed E-state index contributed by atoms with van der Waals surface area (Å²) in [6, 6.07) is 5.25. The SMILES string of the molecule is NCc1ccc(-c2c(F)cc(F)cc2Br)o1. The number of rotatable bonds is 2. The number of benzene rings is 1. The monoisotopic (exact) mass is 287 g/mol. The van der Waals surface area contributed by atoms with Gasteiger partial charge >= 0.3 is 0 Å². The Hall–Kier alpha value is -1.20. The van der Waals surface area contributed by atoms with Crippen molar-refractivity contribution in [2.24, 2.45) is 5.73 Å². The van der Waals surface area contributed by atoms with E-state index < -0.39 is 11.6 Å². The Labute approximate surface area is 99.2 Å². The Morgan fingerprint density at radius 2 is 2.00 bits per heavy atom. The van der Waals surface area contributed by atoms with Gasteiger partial charge in [0, 0.05) is 10.5 Å². The number of nitrogens with two attached hydrogens (primary N) is 1. The molecule has 2 aromatic rings. The fourth-order valence-corrected chi connectivity index (χ4v) is 2.00. The van der Waals surface area contributed by atoms with E-state index >= 15 is 0 Å². The lowest BCUT2D eigenvalue weighted by Gasteiger charge is -2.03. The molecule has 5 heteroatoms. The molecule has 84 valence electrons. The van der Waals surface area contributed by atoms with Crippen LogP contribution in [0.4, 0.5) is 8.78 Å². The van der Waals surface area contributed by atoms with Crippen molar-refractivity contribution >= 4 is 15.9 Å². The Morgan fingerprint density at radius 1 is 1.25 bits per heavy atom. The van der Waals surface area contributed by atoms with E-state index in [-0.39, 0.29) is 12.1 Å². The van der Waals surface area contributed by atoms with Crippen LogP contribution in [0.5, 0.6) is 0 Å². The van der Waals surface area contributed by atoms with Gasteiger partial charge < -0.3 is 10.2 Å². The van der Waals surface area contributed by atoms with Gasteiger partial charge in [-0.15, -0.1) is 0 Å². The average Bonchev–Trinajstić information content (AvgIpc) is 2.64. The van der Waals surface area contributed by atoms with E-state index in [1.54, 1.807) is 12.1 Å². The van der Waals surface area contributed by atoms with E-state index in [2.05, 4.69) is 15.9 Å². The summed E-state index contributed by atoms with van der Waals surface area (Å²) < 4.78 is 32.0. The zero-order valence-electron chi connectivity index (χ0n) is 8.14. The number of halogens is 3. The summed E-state index contributed by atoms with van der Waals surface area (Å²) in [7, 11) is 0. The Balaban J connectivity index is 2.55. The van der Waals surface area contributed by atoms with Gasteiger partial charge in [-0.25, -0.2) is 8.78 Å². The van der Waals surface area contributed by atoms with Crippen molar-refractivity contribution in [3.63, 3.8) is 0 Å². The van der Waals surface area contributed by atoms with Crippen LogP contribution in [0.25, 0.3) is 11.3 Å². The second-order valence-corrected chi connectivity index (χ2v) is 4.07. The number of hydrogen-bond donors (Lipinski definition) is 1. The van der Waals surface area contributed by atoms with Crippen LogP contribution in [0.2, 0.25) is 0 Å². The molecule has 16 heavy (non-hydrogen) atoms. The van der Waals surface area contributed by atoms with Crippen LogP contribution in [0.15, 0.2) is 33.2 Å². The minimum Gasteiger partial charge on any atom is -0.460 e. The van der Waals surface area contributed by atoms with Crippen LogP contribution < -0.4 is 5.73 Å². The fourth-order valence-electron chi connectivity index (χ4n) is 1.40. The van der Waals surface area contributed by atoms with Gasteiger partial charge in [0.1, 0.15) is 23.2 Å². The predicted molar refractivity (Wildman–Crippen MR) is 59.7 cm³/mol. The summed E-state index contributed by atoms with van der Waals surface area (Å²) in [5.41, 5.74) is 5.58. The Kier molecular flexibility index (Phi) is 3.07. The van der Waals surface area contributed by atoms with Crippen molar-refractivity contribution in [2.75, 3.05) is 0 Å². The molecule has 1 heterocycles. The minimum atomic E-state index is -0.676. The minimum absolute atomic E-state index is 0.195. The molecule has 0 atom stereocenters. The molecule has 0 saturated heterocycles. The first-order chi connectivity index (χ1) is 7.61. The smallest absolute Gasteiger partial charge is 0.138 e. The molecule has 0 fully saturated rings. The molecule has 0 aliphatic carbocycles. The second kappa shape index (κ2) is 4.35. The maximum Gasteiger partial charge on any atom is 0.138 e. The van der Waals surface area contributed by atoms with Crippen LogP contribution in [-0.2, 0) is 6.54 Å². The van der Waals surface area contributed by atoms with Gasteiger partial charge in [0.15, 0.2) is 0 Å². The maximum atomic E-state index is 13.5. The predicted octanol–water partition coefficient (Wildman–Crippen LogP) is 3.45. The zero-order valence-corrected chi connectivity index (χ0v) is 9.72. The van der Waals surface area contributed by atoms with Gasteiger partial charge in [-0.3, -0.25) is 0 Å². The Morgan fingerprint density at radius 3 is 2.56 bits per heavy atom. The molecular weight excluding hydrogens is 280 g/mol. The third-order valence-electron chi connectivity index (χ3n) is 2.12. The van der Waals surface area contributed by atoms with Crippen molar-refractivity contribution in [1.29, 1.82) is 0 Å². The van der Waals surface area contributed by atoms with E-state index in [0.29, 0.717) is 16.0 Å². The second-order valence-electron chi connectivity index (χ2n) is 3.21. The van der Waals surface area contributed by atoms with Gasteiger partial charge in [-0.1, -0.05) is 0 Å². The number of hydrogen-bond acceptors (Lipinski definition) is 2. The maximum absolute atomic E-state index is 13.5. The standard InChI is InChI=1S/C11H8BrF2NO/c12-8-3-6(13)4-9(14)11(8)10-2-1-7(5-15)16-10/h1-4H,5,15H2. The van der Waals surface area contributed by atoms with Crippen LogP contribution in [0.1, 0.15) is 5.76 Å². The molecule has 1 aromatic carbocycles. The third-order valence-corrected chi connectivity index (χ3v) is 2.74. The van der Waals surface area contributed by atoms with E-state index in [1.807, 2.05) is 0 Å². The van der Waals surface area contributed by atoms with E-state index in [1.165, 1.54) is 6.07 Å². The van der Waals surface area contributed by atoms with Gasteiger partial charge in [0.2, 0.25) is 0 Å². The van der Waals surface area contributed by atoms with Crippen LogP contribution >= 0.6 is 15.9 Å². The normalized spacial score (nSPS) is 10.8. The highest BCUT2D eigenvalue weighted by Crippen LogP contribution is 2.32. The molecule has 0 radical (unpaired) electrons. The highest BCUT2D eigenvalue weighted by molar-refractivity contribution is 9.10.